The predicted molar refractivity (Wildman–Crippen MR) is 66.8 cm³/mol. The van der Waals surface area contributed by atoms with Crippen LogP contribution in [0.5, 0.6) is 0 Å². The Morgan fingerprint density at radius 1 is 1.44 bits per heavy atom. The van der Waals surface area contributed by atoms with Crippen molar-refractivity contribution >= 4 is 28.6 Å². The number of fused-ring (bicyclic) bond motifs is 1. The number of benzene rings is 1. The maximum absolute atomic E-state index is 11.7. The first-order valence-corrected chi connectivity index (χ1v) is 5.32. The third-order valence-corrected chi connectivity index (χ3v) is 2.62. The number of hydrogen-bond acceptors (Lipinski definition) is 2. The van der Waals surface area contributed by atoms with Crippen molar-refractivity contribution in [1.29, 1.82) is 0 Å². The van der Waals surface area contributed by atoms with E-state index < -0.39 is 0 Å². The van der Waals surface area contributed by atoms with Crippen LogP contribution >= 0.6 is 11.6 Å². The Balaban J connectivity index is 2.84. The van der Waals surface area contributed by atoms with Gasteiger partial charge in [0.1, 0.15) is 5.82 Å². The first kappa shape index (κ1) is 10.9. The Labute approximate surface area is 97.8 Å². The smallest absolute Gasteiger partial charge is 0.258 e. The van der Waals surface area contributed by atoms with Gasteiger partial charge in [-0.2, -0.15) is 0 Å². The van der Waals surface area contributed by atoms with E-state index in [0.29, 0.717) is 21.7 Å². The summed E-state index contributed by atoms with van der Waals surface area (Å²) >= 11 is 6.08. The second kappa shape index (κ2) is 4.10. The normalized spacial score (nSPS) is 11.4. The molecule has 2 aromatic rings. The molecule has 0 saturated carbocycles. The number of nitrogens with one attached hydrogen (secondary N) is 1. The maximum Gasteiger partial charge on any atom is 0.258 e. The van der Waals surface area contributed by atoms with Gasteiger partial charge < -0.3 is 4.98 Å². The van der Waals surface area contributed by atoms with E-state index in [0.717, 1.165) is 5.56 Å². The van der Waals surface area contributed by atoms with Crippen LogP contribution in [0.15, 0.2) is 23.0 Å². The standard InChI is InChI=1S/C12H11ClN2O/c1-3-4-8-5-9-11(6-10(8)13)14-7(2)15-12(9)16/h3-6H,1-2H3,(H,14,15,16)/b4-3+. The zero-order valence-electron chi connectivity index (χ0n) is 9.04. The van der Waals surface area contributed by atoms with Gasteiger partial charge in [0.05, 0.1) is 10.9 Å². The molecule has 1 aromatic carbocycles. The molecule has 2 rings (SSSR count). The topological polar surface area (TPSA) is 45.8 Å². The Kier molecular flexibility index (Phi) is 2.79. The van der Waals surface area contributed by atoms with E-state index in [-0.39, 0.29) is 5.56 Å². The highest BCUT2D eigenvalue weighted by molar-refractivity contribution is 6.32. The average molecular weight is 235 g/mol. The van der Waals surface area contributed by atoms with Gasteiger partial charge in [-0.25, -0.2) is 4.98 Å². The number of aromatic nitrogens is 2. The number of rotatable bonds is 1. The van der Waals surface area contributed by atoms with Crippen LogP contribution in [-0.4, -0.2) is 9.97 Å². The van der Waals surface area contributed by atoms with Gasteiger partial charge in [-0.15, -0.1) is 0 Å². The third-order valence-electron chi connectivity index (χ3n) is 2.29. The molecule has 0 fully saturated rings. The van der Waals surface area contributed by atoms with Crippen molar-refractivity contribution in [3.63, 3.8) is 0 Å². The minimum atomic E-state index is -0.134. The Hall–Kier alpha value is -1.61. The van der Waals surface area contributed by atoms with Crippen molar-refractivity contribution < 1.29 is 0 Å². The average Bonchev–Trinajstić information content (AvgIpc) is 2.20. The van der Waals surface area contributed by atoms with E-state index in [1.54, 1.807) is 19.1 Å². The molecule has 1 N–H and O–H groups in total. The summed E-state index contributed by atoms with van der Waals surface area (Å²) in [5, 5.41) is 1.16. The van der Waals surface area contributed by atoms with Crippen LogP contribution in [0.2, 0.25) is 5.02 Å². The molecule has 0 aliphatic carbocycles. The quantitative estimate of drug-likeness (QED) is 0.825. The molecule has 0 aliphatic rings. The van der Waals surface area contributed by atoms with Gasteiger partial charge in [0, 0.05) is 5.02 Å². The van der Waals surface area contributed by atoms with Crippen LogP contribution in [0.1, 0.15) is 18.3 Å². The fraction of sp³-hybridized carbons (Fsp3) is 0.167. The highest BCUT2D eigenvalue weighted by Gasteiger charge is 2.05. The molecule has 0 atom stereocenters. The highest BCUT2D eigenvalue weighted by Crippen LogP contribution is 2.22. The summed E-state index contributed by atoms with van der Waals surface area (Å²) in [6.45, 7) is 3.65. The van der Waals surface area contributed by atoms with Gasteiger partial charge in [0.2, 0.25) is 0 Å². The number of aromatic amines is 1. The number of allylic oxidation sites excluding steroid dienone is 1. The molecular weight excluding hydrogens is 224 g/mol. The van der Waals surface area contributed by atoms with E-state index in [1.165, 1.54) is 0 Å². The van der Waals surface area contributed by atoms with Crippen molar-refractivity contribution in [2.24, 2.45) is 0 Å². The van der Waals surface area contributed by atoms with Gasteiger partial charge >= 0.3 is 0 Å². The first-order chi connectivity index (χ1) is 7.61. The zero-order chi connectivity index (χ0) is 11.7. The fourth-order valence-electron chi connectivity index (χ4n) is 1.60. The summed E-state index contributed by atoms with van der Waals surface area (Å²) in [7, 11) is 0. The Bertz CT molecular complexity index is 629. The van der Waals surface area contributed by atoms with E-state index >= 15 is 0 Å². The minimum Gasteiger partial charge on any atom is -0.310 e. The molecule has 0 radical (unpaired) electrons. The van der Waals surface area contributed by atoms with Crippen LogP contribution in [0.4, 0.5) is 0 Å². The summed E-state index contributed by atoms with van der Waals surface area (Å²) in [5.41, 5.74) is 1.32. The minimum absolute atomic E-state index is 0.134. The van der Waals surface area contributed by atoms with Gasteiger partial charge in [0.15, 0.2) is 0 Å². The van der Waals surface area contributed by atoms with E-state index in [2.05, 4.69) is 9.97 Å². The lowest BCUT2D eigenvalue weighted by Crippen LogP contribution is -2.09. The molecule has 1 aromatic heterocycles. The molecule has 1 heterocycles. The summed E-state index contributed by atoms with van der Waals surface area (Å²) in [5.74, 6) is 0.590. The van der Waals surface area contributed by atoms with Gasteiger partial charge in [-0.1, -0.05) is 23.8 Å². The van der Waals surface area contributed by atoms with Crippen molar-refractivity contribution in [2.45, 2.75) is 13.8 Å². The first-order valence-electron chi connectivity index (χ1n) is 4.94. The molecule has 0 saturated heterocycles. The monoisotopic (exact) mass is 234 g/mol. The van der Waals surface area contributed by atoms with Crippen LogP contribution in [-0.2, 0) is 0 Å². The second-order valence-corrected chi connectivity index (χ2v) is 3.95. The number of nitrogens with zero attached hydrogens (tertiary/aromatic N) is 1. The molecular formula is C12H11ClN2O. The van der Waals surface area contributed by atoms with Crippen LogP contribution in [0.3, 0.4) is 0 Å². The molecule has 0 unspecified atom stereocenters. The highest BCUT2D eigenvalue weighted by atomic mass is 35.5. The molecule has 0 aliphatic heterocycles. The molecule has 4 heteroatoms. The number of halogens is 1. The second-order valence-electron chi connectivity index (χ2n) is 3.54. The lowest BCUT2D eigenvalue weighted by atomic mass is 10.1. The van der Waals surface area contributed by atoms with E-state index in [4.69, 9.17) is 11.6 Å². The number of aryl methyl sites for hydroxylation is 1. The van der Waals surface area contributed by atoms with Gasteiger partial charge in [-0.05, 0) is 31.5 Å². The summed E-state index contributed by atoms with van der Waals surface area (Å²) in [6.07, 6.45) is 3.74. The van der Waals surface area contributed by atoms with E-state index in [9.17, 15) is 4.79 Å². The van der Waals surface area contributed by atoms with Crippen LogP contribution in [0, 0.1) is 6.92 Å². The van der Waals surface area contributed by atoms with E-state index in [1.807, 2.05) is 19.1 Å². The maximum atomic E-state index is 11.7. The molecule has 0 bridgehead atoms. The van der Waals surface area contributed by atoms with Crippen LogP contribution < -0.4 is 5.56 Å². The fourth-order valence-corrected chi connectivity index (χ4v) is 1.82. The number of H-pyrrole nitrogens is 1. The largest absolute Gasteiger partial charge is 0.310 e. The lowest BCUT2D eigenvalue weighted by molar-refractivity contribution is 1.06. The molecule has 0 spiro atoms. The zero-order valence-corrected chi connectivity index (χ0v) is 9.80. The van der Waals surface area contributed by atoms with Crippen molar-refractivity contribution in [2.75, 3.05) is 0 Å². The molecule has 0 amide bonds. The van der Waals surface area contributed by atoms with Crippen LogP contribution in [0.25, 0.3) is 17.0 Å². The number of hydrogen-bond donors (Lipinski definition) is 1. The van der Waals surface area contributed by atoms with Gasteiger partial charge in [0.25, 0.3) is 5.56 Å². The molecule has 3 nitrogen and oxygen atoms in total. The Morgan fingerprint density at radius 2 is 2.19 bits per heavy atom. The lowest BCUT2D eigenvalue weighted by Gasteiger charge is -2.02. The predicted octanol–water partition coefficient (Wildman–Crippen LogP) is 2.92. The van der Waals surface area contributed by atoms with Crippen molar-refractivity contribution in [3.8, 4) is 0 Å². The van der Waals surface area contributed by atoms with Gasteiger partial charge in [-0.3, -0.25) is 4.79 Å². The summed E-state index contributed by atoms with van der Waals surface area (Å²) in [4.78, 5) is 18.6. The summed E-state index contributed by atoms with van der Waals surface area (Å²) < 4.78 is 0. The van der Waals surface area contributed by atoms with Crippen molar-refractivity contribution in [3.05, 3.63) is 45.0 Å². The molecule has 16 heavy (non-hydrogen) atoms. The van der Waals surface area contributed by atoms with Crippen molar-refractivity contribution in [1.82, 2.24) is 9.97 Å². The third kappa shape index (κ3) is 1.86. The summed E-state index contributed by atoms with van der Waals surface area (Å²) in [6, 6.07) is 3.47. The Morgan fingerprint density at radius 3 is 2.88 bits per heavy atom. The molecule has 82 valence electrons. The SMILES string of the molecule is C/C=C/c1cc2c(=O)[nH]c(C)nc2cc1Cl.